The molecule has 0 radical (unpaired) electrons. The van der Waals surface area contributed by atoms with Gasteiger partial charge in [-0.05, 0) is 13.8 Å². The molecular formula is C11H17N3O4S. The van der Waals surface area contributed by atoms with Gasteiger partial charge in [0.2, 0.25) is 10.0 Å². The molecule has 0 amide bonds. The third kappa shape index (κ3) is 2.37. The summed E-state index contributed by atoms with van der Waals surface area (Å²) < 4.78 is 31.4. The molecule has 1 aromatic heterocycles. The fourth-order valence-electron chi connectivity index (χ4n) is 2.33. The molecule has 1 aromatic rings. The largest absolute Gasteiger partial charge is 0.411 e. The Bertz CT molecular complexity index is 586. The van der Waals surface area contributed by atoms with Crippen molar-refractivity contribution in [1.29, 1.82) is 0 Å². The second-order valence-corrected chi connectivity index (χ2v) is 6.63. The van der Waals surface area contributed by atoms with Gasteiger partial charge in [0.15, 0.2) is 5.76 Å². The summed E-state index contributed by atoms with van der Waals surface area (Å²) in [5, 5.41) is 15.7. The fraction of sp³-hybridized carbons (Fsp3) is 0.636. The maximum absolute atomic E-state index is 12.6. The Hall–Kier alpha value is -1.41. The molecule has 1 N–H and O–H groups in total. The SMILES string of the molecule is Cc1noc(C)c1S(=O)(=O)N1CCC(=NO)C(C)C1. The molecule has 1 saturated heterocycles. The first-order valence-corrected chi connectivity index (χ1v) is 7.45. The minimum Gasteiger partial charge on any atom is -0.411 e. The number of hydrogen-bond donors (Lipinski definition) is 1. The topological polar surface area (TPSA) is 96.0 Å². The van der Waals surface area contributed by atoms with Crippen LogP contribution in [-0.2, 0) is 10.0 Å². The number of piperidine rings is 1. The van der Waals surface area contributed by atoms with E-state index in [4.69, 9.17) is 9.73 Å². The van der Waals surface area contributed by atoms with Crippen LogP contribution in [0.15, 0.2) is 14.6 Å². The van der Waals surface area contributed by atoms with Gasteiger partial charge >= 0.3 is 0 Å². The van der Waals surface area contributed by atoms with E-state index >= 15 is 0 Å². The molecule has 0 spiro atoms. The van der Waals surface area contributed by atoms with E-state index in [0.717, 1.165) is 0 Å². The maximum atomic E-state index is 12.6. The van der Waals surface area contributed by atoms with Crippen molar-refractivity contribution < 1.29 is 18.1 Å². The van der Waals surface area contributed by atoms with Crippen LogP contribution in [0.3, 0.4) is 0 Å². The Morgan fingerprint density at radius 3 is 2.63 bits per heavy atom. The van der Waals surface area contributed by atoms with Crippen molar-refractivity contribution in [1.82, 2.24) is 9.46 Å². The Morgan fingerprint density at radius 2 is 2.16 bits per heavy atom. The summed E-state index contributed by atoms with van der Waals surface area (Å²) in [6.07, 6.45) is 0.431. The smallest absolute Gasteiger partial charge is 0.248 e. The Labute approximate surface area is 111 Å². The van der Waals surface area contributed by atoms with Crippen molar-refractivity contribution in [2.45, 2.75) is 32.1 Å². The van der Waals surface area contributed by atoms with Crippen LogP contribution >= 0.6 is 0 Å². The van der Waals surface area contributed by atoms with E-state index in [1.165, 1.54) is 4.31 Å². The highest BCUT2D eigenvalue weighted by molar-refractivity contribution is 7.89. The lowest BCUT2D eigenvalue weighted by Gasteiger charge is -2.30. The van der Waals surface area contributed by atoms with E-state index in [1.807, 2.05) is 6.92 Å². The molecule has 0 aliphatic carbocycles. The normalized spacial score (nSPS) is 23.9. The molecule has 19 heavy (non-hydrogen) atoms. The molecule has 1 atom stereocenters. The Morgan fingerprint density at radius 1 is 1.47 bits per heavy atom. The molecule has 1 unspecified atom stereocenters. The van der Waals surface area contributed by atoms with E-state index in [2.05, 4.69) is 10.3 Å². The second-order valence-electron chi connectivity index (χ2n) is 4.76. The first-order chi connectivity index (χ1) is 8.87. The minimum atomic E-state index is -3.60. The van der Waals surface area contributed by atoms with Crippen molar-refractivity contribution in [2.75, 3.05) is 13.1 Å². The third-order valence-corrected chi connectivity index (χ3v) is 5.47. The van der Waals surface area contributed by atoms with Crippen LogP contribution in [0.2, 0.25) is 0 Å². The van der Waals surface area contributed by atoms with Crippen LogP contribution in [0.4, 0.5) is 0 Å². The molecule has 0 aromatic carbocycles. The summed E-state index contributed by atoms with van der Waals surface area (Å²) in [6, 6.07) is 0. The zero-order chi connectivity index (χ0) is 14.2. The lowest BCUT2D eigenvalue weighted by atomic mass is 10.00. The molecule has 1 fully saturated rings. The van der Waals surface area contributed by atoms with Gasteiger partial charge < -0.3 is 9.73 Å². The average molecular weight is 287 g/mol. The van der Waals surface area contributed by atoms with E-state index < -0.39 is 10.0 Å². The predicted molar refractivity (Wildman–Crippen MR) is 67.7 cm³/mol. The van der Waals surface area contributed by atoms with Gasteiger partial charge in [0.05, 0.1) is 5.71 Å². The summed E-state index contributed by atoms with van der Waals surface area (Å²) in [5.41, 5.74) is 0.997. The van der Waals surface area contributed by atoms with Crippen LogP contribution in [0.5, 0.6) is 0 Å². The molecule has 7 nitrogen and oxygen atoms in total. The lowest BCUT2D eigenvalue weighted by Crippen LogP contribution is -2.43. The van der Waals surface area contributed by atoms with Crippen molar-refractivity contribution in [3.8, 4) is 0 Å². The van der Waals surface area contributed by atoms with Crippen LogP contribution in [-0.4, -0.2) is 41.9 Å². The van der Waals surface area contributed by atoms with Crippen molar-refractivity contribution >= 4 is 15.7 Å². The van der Waals surface area contributed by atoms with E-state index in [-0.39, 0.29) is 10.8 Å². The summed E-state index contributed by atoms with van der Waals surface area (Å²) in [4.78, 5) is 0.143. The number of rotatable bonds is 2. The van der Waals surface area contributed by atoms with Gasteiger partial charge in [-0.3, -0.25) is 0 Å². The zero-order valence-electron chi connectivity index (χ0n) is 11.1. The van der Waals surface area contributed by atoms with Gasteiger partial charge in [0, 0.05) is 25.4 Å². The summed E-state index contributed by atoms with van der Waals surface area (Å²) in [6.45, 7) is 5.63. The molecule has 106 valence electrons. The number of aryl methyl sites for hydroxylation is 2. The van der Waals surface area contributed by atoms with Gasteiger partial charge in [-0.15, -0.1) is 0 Å². The van der Waals surface area contributed by atoms with Crippen LogP contribution in [0, 0.1) is 19.8 Å². The van der Waals surface area contributed by atoms with E-state index in [0.29, 0.717) is 36.7 Å². The molecule has 8 heteroatoms. The number of hydrogen-bond acceptors (Lipinski definition) is 6. The van der Waals surface area contributed by atoms with E-state index in [9.17, 15) is 8.42 Å². The number of nitrogens with zero attached hydrogens (tertiary/aromatic N) is 3. The van der Waals surface area contributed by atoms with Gasteiger partial charge in [-0.1, -0.05) is 17.2 Å². The zero-order valence-corrected chi connectivity index (χ0v) is 11.9. The second kappa shape index (κ2) is 4.93. The fourth-order valence-corrected chi connectivity index (χ4v) is 4.15. The maximum Gasteiger partial charge on any atom is 0.248 e. The van der Waals surface area contributed by atoms with Gasteiger partial charge in [-0.25, -0.2) is 8.42 Å². The van der Waals surface area contributed by atoms with Crippen LogP contribution < -0.4 is 0 Å². The van der Waals surface area contributed by atoms with Gasteiger partial charge in [0.25, 0.3) is 0 Å². The highest BCUT2D eigenvalue weighted by atomic mass is 32.2. The summed E-state index contributed by atoms with van der Waals surface area (Å²) in [5.74, 6) is 0.195. The molecule has 1 aliphatic rings. The molecule has 2 rings (SSSR count). The van der Waals surface area contributed by atoms with Crippen molar-refractivity contribution in [3.05, 3.63) is 11.5 Å². The first-order valence-electron chi connectivity index (χ1n) is 6.01. The van der Waals surface area contributed by atoms with Crippen molar-refractivity contribution in [2.24, 2.45) is 11.1 Å². The monoisotopic (exact) mass is 287 g/mol. The third-order valence-electron chi connectivity index (χ3n) is 3.36. The molecule has 2 heterocycles. The first kappa shape index (κ1) is 14.0. The number of sulfonamides is 1. The molecule has 1 aliphatic heterocycles. The average Bonchev–Trinajstić information content (AvgIpc) is 2.69. The van der Waals surface area contributed by atoms with Crippen LogP contribution in [0.1, 0.15) is 24.8 Å². The van der Waals surface area contributed by atoms with Gasteiger partial charge in [-0.2, -0.15) is 4.31 Å². The highest BCUT2D eigenvalue weighted by Gasteiger charge is 2.35. The summed E-state index contributed by atoms with van der Waals surface area (Å²) >= 11 is 0. The predicted octanol–water partition coefficient (Wildman–Crippen LogP) is 1.15. The quantitative estimate of drug-likeness (QED) is 0.650. The minimum absolute atomic E-state index is 0.103. The van der Waals surface area contributed by atoms with Gasteiger partial charge in [0.1, 0.15) is 10.6 Å². The highest BCUT2D eigenvalue weighted by Crippen LogP contribution is 2.26. The number of aromatic nitrogens is 1. The Balaban J connectivity index is 2.32. The number of oxime groups is 1. The Kier molecular flexibility index (Phi) is 3.64. The lowest BCUT2D eigenvalue weighted by molar-refractivity contribution is 0.300. The molecule has 0 bridgehead atoms. The molecule has 0 saturated carbocycles. The van der Waals surface area contributed by atoms with E-state index in [1.54, 1.807) is 13.8 Å². The van der Waals surface area contributed by atoms with Crippen molar-refractivity contribution in [3.63, 3.8) is 0 Å². The standard InChI is InChI=1S/C11H17N3O4S/c1-7-6-14(5-4-10(7)12-15)19(16,17)11-8(2)13-18-9(11)3/h7,15H,4-6H2,1-3H3. The van der Waals surface area contributed by atoms with Crippen LogP contribution in [0.25, 0.3) is 0 Å². The molecular weight excluding hydrogens is 270 g/mol. The summed E-state index contributed by atoms with van der Waals surface area (Å²) in [7, 11) is -3.60.